The van der Waals surface area contributed by atoms with Crippen molar-refractivity contribution < 1.29 is 13.2 Å². The van der Waals surface area contributed by atoms with Gasteiger partial charge >= 0.3 is 0 Å². The molecule has 0 bridgehead atoms. The normalized spacial score (nSPS) is 11.5. The maximum Gasteiger partial charge on any atom is 0.251 e. The van der Waals surface area contributed by atoms with Crippen LogP contribution in [-0.2, 0) is 29.3 Å². The number of hydrogen-bond acceptors (Lipinski definition) is 7. The van der Waals surface area contributed by atoms with Crippen LogP contribution in [0.1, 0.15) is 33.1 Å². The third-order valence-corrected chi connectivity index (χ3v) is 7.48. The Labute approximate surface area is 228 Å². The summed E-state index contributed by atoms with van der Waals surface area (Å²) < 4.78 is 26.1. The van der Waals surface area contributed by atoms with Gasteiger partial charge in [0.15, 0.2) is 9.84 Å². The van der Waals surface area contributed by atoms with E-state index in [0.717, 1.165) is 17.2 Å². The first-order valence-electron chi connectivity index (χ1n) is 11.9. The van der Waals surface area contributed by atoms with Crippen LogP contribution in [0.15, 0.2) is 82.7 Å². The molecule has 0 spiro atoms. The highest BCUT2D eigenvalue weighted by Gasteiger charge is 2.17. The molecule has 4 heterocycles. The van der Waals surface area contributed by atoms with Crippen LogP contribution in [0, 0.1) is 0 Å². The molecule has 1 amide bonds. The van der Waals surface area contributed by atoms with Crippen molar-refractivity contribution in [1.29, 1.82) is 0 Å². The predicted octanol–water partition coefficient (Wildman–Crippen LogP) is 3.14. The summed E-state index contributed by atoms with van der Waals surface area (Å²) in [5, 5.41) is 11.4. The van der Waals surface area contributed by atoms with Crippen molar-refractivity contribution >= 4 is 38.2 Å². The van der Waals surface area contributed by atoms with Crippen molar-refractivity contribution in [3.63, 3.8) is 0 Å². The van der Waals surface area contributed by atoms with E-state index in [-0.39, 0.29) is 41.6 Å². The lowest BCUT2D eigenvalue weighted by Crippen LogP contribution is -2.23. The Balaban J connectivity index is 1.34. The summed E-state index contributed by atoms with van der Waals surface area (Å²) >= 11 is 6.09. The van der Waals surface area contributed by atoms with Gasteiger partial charge < -0.3 is 9.88 Å². The number of halogens is 1. The zero-order chi connectivity index (χ0) is 27.6. The number of H-pyrrole nitrogens is 1. The Morgan fingerprint density at radius 3 is 2.69 bits per heavy atom. The number of rotatable bonds is 8. The highest BCUT2D eigenvalue weighted by atomic mass is 35.5. The van der Waals surface area contributed by atoms with Crippen molar-refractivity contribution in [2.24, 2.45) is 0 Å². The van der Waals surface area contributed by atoms with Crippen molar-refractivity contribution in [2.75, 3.05) is 6.26 Å². The average molecular weight is 563 g/mol. The quantitative estimate of drug-likeness (QED) is 0.296. The number of hydrogen-bond donors (Lipinski definition) is 2. The van der Waals surface area contributed by atoms with Crippen molar-refractivity contribution in [2.45, 2.75) is 24.4 Å². The second-order valence-electron chi connectivity index (χ2n) is 8.94. The van der Waals surface area contributed by atoms with E-state index in [1.54, 1.807) is 48.7 Å². The summed E-state index contributed by atoms with van der Waals surface area (Å²) in [7, 11) is -3.58. The second-order valence-corrected chi connectivity index (χ2v) is 11.4. The van der Waals surface area contributed by atoms with Gasteiger partial charge in [0.2, 0.25) is 0 Å². The third kappa shape index (κ3) is 6.05. The lowest BCUT2D eigenvalue weighted by Gasteiger charge is -2.12. The van der Waals surface area contributed by atoms with Crippen LogP contribution in [0.3, 0.4) is 0 Å². The molecule has 10 nitrogen and oxygen atoms in total. The fraction of sp³-hybridized carbons (Fsp3) is 0.148. The van der Waals surface area contributed by atoms with Crippen molar-refractivity contribution in [3.05, 3.63) is 117 Å². The minimum absolute atomic E-state index is 0.00112. The minimum Gasteiger partial charge on any atom is -0.346 e. The molecule has 0 aliphatic carbocycles. The molecule has 0 saturated carbocycles. The van der Waals surface area contributed by atoms with Gasteiger partial charge in [-0.05, 0) is 48.5 Å². The molecule has 39 heavy (non-hydrogen) atoms. The van der Waals surface area contributed by atoms with Gasteiger partial charge in [0.05, 0.1) is 34.9 Å². The number of pyridine rings is 3. The zero-order valence-corrected chi connectivity index (χ0v) is 22.3. The number of nitrogens with one attached hydrogen (secondary N) is 2. The summed E-state index contributed by atoms with van der Waals surface area (Å²) in [6.45, 7) is 0.201. The highest BCUT2D eigenvalue weighted by Crippen LogP contribution is 2.21. The van der Waals surface area contributed by atoms with E-state index in [1.807, 2.05) is 6.07 Å². The molecule has 0 fully saturated rings. The number of fused-ring (bicyclic) bond motifs is 1. The molecule has 12 heteroatoms. The topological polar surface area (TPSA) is 140 Å². The molecule has 5 aromatic rings. The SMILES string of the molecule is CS(=O)(=O)c1ccc(Cc2cc(C(=O)NCc3n[nH]c4ccc(Cl)cc34)ccn2)nc1Cn1ccccc1=O. The number of nitrogens with zero attached hydrogens (tertiary/aromatic N) is 4. The van der Waals surface area contributed by atoms with E-state index in [4.69, 9.17) is 11.6 Å². The summed E-state index contributed by atoms with van der Waals surface area (Å²) in [5.41, 5.74) is 2.99. The first-order chi connectivity index (χ1) is 18.7. The fourth-order valence-electron chi connectivity index (χ4n) is 4.18. The molecule has 4 aromatic heterocycles. The van der Waals surface area contributed by atoms with Crippen molar-refractivity contribution in [3.8, 4) is 0 Å². The van der Waals surface area contributed by atoms with Gasteiger partial charge in [0.25, 0.3) is 11.5 Å². The molecule has 1 aromatic carbocycles. The summed E-state index contributed by atoms with van der Waals surface area (Å²) in [5.74, 6) is -0.304. The number of carbonyl (C=O) groups is 1. The second kappa shape index (κ2) is 10.8. The lowest BCUT2D eigenvalue weighted by atomic mass is 10.1. The van der Waals surface area contributed by atoms with Crippen LogP contribution in [-0.4, -0.2) is 45.3 Å². The molecule has 0 aliphatic heterocycles. The first kappa shape index (κ1) is 26.3. The molecule has 198 valence electrons. The van der Waals surface area contributed by atoms with Crippen LogP contribution in [0.25, 0.3) is 10.9 Å². The van der Waals surface area contributed by atoms with E-state index in [2.05, 4.69) is 25.5 Å². The Kier molecular flexibility index (Phi) is 7.27. The van der Waals surface area contributed by atoms with E-state index in [0.29, 0.717) is 27.7 Å². The Hall–Kier alpha value is -4.35. The van der Waals surface area contributed by atoms with Gasteiger partial charge in [-0.3, -0.25) is 24.7 Å². The monoisotopic (exact) mass is 562 g/mol. The average Bonchev–Trinajstić information content (AvgIpc) is 3.30. The Bertz CT molecular complexity index is 1870. The van der Waals surface area contributed by atoms with Crippen LogP contribution in [0.4, 0.5) is 0 Å². The molecular weight excluding hydrogens is 540 g/mol. The van der Waals surface area contributed by atoms with Crippen LogP contribution < -0.4 is 10.9 Å². The molecule has 0 radical (unpaired) electrons. The van der Waals surface area contributed by atoms with Gasteiger partial charge in [0.1, 0.15) is 0 Å². The maximum absolute atomic E-state index is 12.9. The fourth-order valence-corrected chi connectivity index (χ4v) is 5.20. The van der Waals surface area contributed by atoms with Gasteiger partial charge in [-0.1, -0.05) is 17.7 Å². The molecule has 0 saturated heterocycles. The molecule has 0 aliphatic rings. The van der Waals surface area contributed by atoms with Gasteiger partial charge in [-0.25, -0.2) is 8.42 Å². The largest absolute Gasteiger partial charge is 0.346 e. The summed E-state index contributed by atoms with van der Waals surface area (Å²) in [6, 6.07) is 16.4. The minimum atomic E-state index is -3.58. The smallest absolute Gasteiger partial charge is 0.251 e. The highest BCUT2D eigenvalue weighted by molar-refractivity contribution is 7.90. The predicted molar refractivity (Wildman–Crippen MR) is 146 cm³/mol. The first-order valence-corrected chi connectivity index (χ1v) is 14.1. The molecule has 0 unspecified atom stereocenters. The van der Waals surface area contributed by atoms with Crippen LogP contribution >= 0.6 is 11.6 Å². The van der Waals surface area contributed by atoms with Crippen molar-refractivity contribution in [1.82, 2.24) is 30.0 Å². The summed E-state index contributed by atoms with van der Waals surface area (Å²) in [6.07, 6.45) is 4.46. The molecular formula is C27H23ClN6O4S. The van der Waals surface area contributed by atoms with E-state index >= 15 is 0 Å². The number of sulfone groups is 1. The zero-order valence-electron chi connectivity index (χ0n) is 20.8. The van der Waals surface area contributed by atoms with Crippen LogP contribution in [0.2, 0.25) is 5.02 Å². The van der Waals surface area contributed by atoms with Gasteiger partial charge in [-0.15, -0.1) is 0 Å². The van der Waals surface area contributed by atoms with Gasteiger partial charge in [-0.2, -0.15) is 5.10 Å². The lowest BCUT2D eigenvalue weighted by molar-refractivity contribution is 0.0950. The van der Waals surface area contributed by atoms with E-state index < -0.39 is 9.84 Å². The molecule has 0 atom stereocenters. The number of amides is 1. The molecule has 2 N–H and O–H groups in total. The standard InChI is InChI=1S/C27H23ClN6O4S/c1-39(37,38)25-8-6-19(31-24(25)16-34-11-3-2-4-26(34)35)14-20-12-17(9-10-29-20)27(36)30-15-23-21-13-18(28)5-7-22(21)32-33-23/h2-13H,14-16H2,1H3,(H,30,36)(H,32,33). The third-order valence-electron chi connectivity index (χ3n) is 6.07. The summed E-state index contributed by atoms with van der Waals surface area (Å²) in [4.78, 5) is 34.0. The van der Waals surface area contributed by atoms with Crippen LogP contribution in [0.5, 0.6) is 0 Å². The number of benzene rings is 1. The van der Waals surface area contributed by atoms with E-state index in [1.165, 1.54) is 22.9 Å². The Morgan fingerprint density at radius 1 is 1.05 bits per heavy atom. The van der Waals surface area contributed by atoms with E-state index in [9.17, 15) is 18.0 Å². The molecule has 5 rings (SSSR count). The maximum atomic E-state index is 12.9. The Morgan fingerprint density at radius 2 is 1.90 bits per heavy atom. The van der Waals surface area contributed by atoms with Gasteiger partial charge in [0, 0.05) is 58.5 Å². The number of aromatic amines is 1. The number of carbonyl (C=O) groups excluding carboxylic acids is 1. The number of aromatic nitrogens is 5.